The van der Waals surface area contributed by atoms with Gasteiger partial charge in [0.2, 0.25) is 0 Å². The summed E-state index contributed by atoms with van der Waals surface area (Å²) in [6.45, 7) is 2.42. The van der Waals surface area contributed by atoms with Gasteiger partial charge in [-0.15, -0.1) is 0 Å². The first kappa shape index (κ1) is 16.0. The normalized spacial score (nSPS) is 11.8. The number of amides is 1. The van der Waals surface area contributed by atoms with Crippen LogP contribution in [0, 0.1) is 5.92 Å². The molecule has 0 aromatic heterocycles. The lowest BCUT2D eigenvalue weighted by atomic mass is 10.1. The molecule has 2 N–H and O–H groups in total. The van der Waals surface area contributed by atoms with Crippen LogP contribution in [0.2, 0.25) is 0 Å². The van der Waals surface area contributed by atoms with Gasteiger partial charge < -0.3 is 15.3 Å². The quantitative estimate of drug-likeness (QED) is 0.800. The number of anilines is 1. The zero-order valence-corrected chi connectivity index (χ0v) is 12.2. The Morgan fingerprint density at radius 2 is 1.85 bits per heavy atom. The molecule has 1 aromatic carbocycles. The predicted molar refractivity (Wildman–Crippen MR) is 79.1 cm³/mol. The van der Waals surface area contributed by atoms with Crippen molar-refractivity contribution in [2.45, 2.75) is 19.8 Å². The van der Waals surface area contributed by atoms with E-state index in [1.165, 1.54) is 0 Å². The minimum atomic E-state index is -0.803. The molecule has 0 aliphatic rings. The summed E-state index contributed by atoms with van der Waals surface area (Å²) in [6, 6.07) is 7.35. The number of hydrogen-bond acceptors (Lipinski definition) is 3. The average molecular weight is 278 g/mol. The van der Waals surface area contributed by atoms with E-state index in [1.807, 2.05) is 38.1 Å². The van der Waals surface area contributed by atoms with Crippen LogP contribution in [0.5, 0.6) is 0 Å². The van der Waals surface area contributed by atoms with Crippen LogP contribution >= 0.6 is 0 Å². The summed E-state index contributed by atoms with van der Waals surface area (Å²) < 4.78 is 0. The number of nitrogens with zero attached hydrogens (tertiary/aromatic N) is 1. The Morgan fingerprint density at radius 3 is 2.35 bits per heavy atom. The van der Waals surface area contributed by atoms with E-state index in [1.54, 1.807) is 12.1 Å². The van der Waals surface area contributed by atoms with Gasteiger partial charge in [-0.1, -0.05) is 6.92 Å². The van der Waals surface area contributed by atoms with Gasteiger partial charge >= 0.3 is 5.97 Å². The highest BCUT2D eigenvalue weighted by atomic mass is 16.4. The number of carboxylic acids is 1. The number of carbonyl (C=O) groups is 2. The van der Waals surface area contributed by atoms with Crippen LogP contribution < -0.4 is 10.2 Å². The van der Waals surface area contributed by atoms with Gasteiger partial charge in [0.05, 0.1) is 0 Å². The van der Waals surface area contributed by atoms with Crippen LogP contribution in [0.25, 0.3) is 0 Å². The molecular weight excluding hydrogens is 256 g/mol. The van der Waals surface area contributed by atoms with E-state index in [-0.39, 0.29) is 18.2 Å². The maximum Gasteiger partial charge on any atom is 0.303 e. The van der Waals surface area contributed by atoms with Crippen LogP contribution in [-0.2, 0) is 4.79 Å². The van der Waals surface area contributed by atoms with Gasteiger partial charge in [0.15, 0.2) is 0 Å². The largest absolute Gasteiger partial charge is 0.481 e. The second-order valence-corrected chi connectivity index (χ2v) is 5.19. The minimum Gasteiger partial charge on any atom is -0.481 e. The van der Waals surface area contributed by atoms with Crippen molar-refractivity contribution in [2.75, 3.05) is 25.5 Å². The van der Waals surface area contributed by atoms with E-state index in [0.717, 1.165) is 5.69 Å². The lowest BCUT2D eigenvalue weighted by molar-refractivity contribution is -0.137. The average Bonchev–Trinajstić information content (AvgIpc) is 2.42. The molecule has 1 atom stereocenters. The molecule has 0 aliphatic carbocycles. The van der Waals surface area contributed by atoms with Crippen LogP contribution in [0.4, 0.5) is 5.69 Å². The first-order chi connectivity index (χ1) is 9.40. The van der Waals surface area contributed by atoms with Crippen molar-refractivity contribution in [3.8, 4) is 0 Å². The first-order valence-electron chi connectivity index (χ1n) is 6.67. The van der Waals surface area contributed by atoms with E-state index in [9.17, 15) is 9.59 Å². The molecule has 1 aromatic rings. The number of benzene rings is 1. The highest BCUT2D eigenvalue weighted by Gasteiger charge is 2.09. The minimum absolute atomic E-state index is 0.127. The Bertz CT molecular complexity index is 455. The fourth-order valence-electron chi connectivity index (χ4n) is 1.75. The second-order valence-electron chi connectivity index (χ2n) is 5.19. The van der Waals surface area contributed by atoms with Crippen molar-refractivity contribution in [3.05, 3.63) is 29.8 Å². The van der Waals surface area contributed by atoms with E-state index in [4.69, 9.17) is 5.11 Å². The van der Waals surface area contributed by atoms with Crippen LogP contribution in [0.15, 0.2) is 24.3 Å². The summed E-state index contributed by atoms with van der Waals surface area (Å²) >= 11 is 0. The molecule has 1 amide bonds. The highest BCUT2D eigenvalue weighted by molar-refractivity contribution is 5.94. The van der Waals surface area contributed by atoms with Gasteiger partial charge in [0.1, 0.15) is 0 Å². The van der Waals surface area contributed by atoms with Crippen molar-refractivity contribution in [1.82, 2.24) is 5.32 Å². The van der Waals surface area contributed by atoms with E-state index in [0.29, 0.717) is 18.5 Å². The Morgan fingerprint density at radius 1 is 1.25 bits per heavy atom. The second kappa shape index (κ2) is 7.53. The molecule has 1 unspecified atom stereocenters. The summed E-state index contributed by atoms with van der Waals surface area (Å²) in [5, 5.41) is 11.4. The maximum absolute atomic E-state index is 11.9. The molecule has 5 nitrogen and oxygen atoms in total. The lowest BCUT2D eigenvalue weighted by Gasteiger charge is -2.14. The summed E-state index contributed by atoms with van der Waals surface area (Å²) in [7, 11) is 3.89. The van der Waals surface area contributed by atoms with Gasteiger partial charge in [0.25, 0.3) is 5.91 Å². The standard InChI is InChI=1S/C15H22N2O3/c1-11(4-9-14(18)19)10-16-15(20)12-5-7-13(8-6-12)17(2)3/h5-8,11H,4,9-10H2,1-3H3,(H,16,20)(H,18,19). The molecular formula is C15H22N2O3. The molecule has 5 heteroatoms. The SMILES string of the molecule is CC(CCC(=O)O)CNC(=O)c1ccc(N(C)C)cc1. The third-order valence-electron chi connectivity index (χ3n) is 3.11. The number of carbonyl (C=O) groups excluding carboxylic acids is 1. The smallest absolute Gasteiger partial charge is 0.303 e. The lowest BCUT2D eigenvalue weighted by Crippen LogP contribution is -2.28. The van der Waals surface area contributed by atoms with Gasteiger partial charge in [0, 0.05) is 38.3 Å². The van der Waals surface area contributed by atoms with E-state index >= 15 is 0 Å². The van der Waals surface area contributed by atoms with Crippen molar-refractivity contribution >= 4 is 17.6 Å². The number of carboxylic acid groups (broad SMARTS) is 1. The zero-order valence-electron chi connectivity index (χ0n) is 12.2. The Hall–Kier alpha value is -2.04. The topological polar surface area (TPSA) is 69.6 Å². The number of rotatable bonds is 7. The van der Waals surface area contributed by atoms with Crippen molar-refractivity contribution in [2.24, 2.45) is 5.92 Å². The van der Waals surface area contributed by atoms with Crippen LogP contribution in [0.3, 0.4) is 0 Å². The maximum atomic E-state index is 11.9. The van der Waals surface area contributed by atoms with Crippen LogP contribution in [-0.4, -0.2) is 37.6 Å². The molecule has 1 rings (SSSR count). The molecule has 0 spiro atoms. The Labute approximate surface area is 119 Å². The molecule has 0 radical (unpaired) electrons. The molecule has 0 fully saturated rings. The van der Waals surface area contributed by atoms with Crippen molar-refractivity contribution < 1.29 is 14.7 Å². The third-order valence-corrected chi connectivity index (χ3v) is 3.11. The Kier molecular flexibility index (Phi) is 6.03. The summed E-state index contributed by atoms with van der Waals surface area (Å²) in [4.78, 5) is 24.4. The summed E-state index contributed by atoms with van der Waals surface area (Å²) in [5.41, 5.74) is 1.65. The fourth-order valence-corrected chi connectivity index (χ4v) is 1.75. The molecule has 0 saturated carbocycles. The van der Waals surface area contributed by atoms with Gasteiger partial charge in [-0.3, -0.25) is 9.59 Å². The number of aliphatic carboxylic acids is 1. The molecule has 0 aliphatic heterocycles. The molecule has 20 heavy (non-hydrogen) atoms. The number of nitrogens with one attached hydrogen (secondary N) is 1. The van der Waals surface area contributed by atoms with Gasteiger partial charge in [-0.25, -0.2) is 0 Å². The molecule has 0 saturated heterocycles. The predicted octanol–water partition coefficient (Wildman–Crippen LogP) is 1.98. The van der Waals surface area contributed by atoms with E-state index < -0.39 is 5.97 Å². The van der Waals surface area contributed by atoms with Gasteiger partial charge in [-0.2, -0.15) is 0 Å². The number of hydrogen-bond donors (Lipinski definition) is 2. The van der Waals surface area contributed by atoms with Crippen molar-refractivity contribution in [3.63, 3.8) is 0 Å². The first-order valence-corrected chi connectivity index (χ1v) is 6.67. The fraction of sp³-hybridized carbons (Fsp3) is 0.467. The van der Waals surface area contributed by atoms with Crippen molar-refractivity contribution in [1.29, 1.82) is 0 Å². The summed E-state index contributed by atoms with van der Waals surface area (Å²) in [5.74, 6) is -0.781. The molecule has 0 bridgehead atoms. The van der Waals surface area contributed by atoms with Gasteiger partial charge in [-0.05, 0) is 36.6 Å². The third kappa shape index (κ3) is 5.30. The monoisotopic (exact) mass is 278 g/mol. The highest BCUT2D eigenvalue weighted by Crippen LogP contribution is 2.12. The molecule has 110 valence electrons. The summed E-state index contributed by atoms with van der Waals surface area (Å²) in [6.07, 6.45) is 0.698. The Balaban J connectivity index is 2.44. The molecule has 0 heterocycles. The van der Waals surface area contributed by atoms with E-state index in [2.05, 4.69) is 5.32 Å². The zero-order chi connectivity index (χ0) is 15.1. The van der Waals surface area contributed by atoms with Crippen LogP contribution in [0.1, 0.15) is 30.1 Å².